The summed E-state index contributed by atoms with van der Waals surface area (Å²) in [6, 6.07) is 6.19. The molecule has 0 spiro atoms. The summed E-state index contributed by atoms with van der Waals surface area (Å²) < 4.78 is 18.2. The van der Waals surface area contributed by atoms with E-state index in [-0.39, 0.29) is 49.0 Å². The number of hydrogen-bond acceptors (Lipinski definition) is 5. The Morgan fingerprint density at radius 3 is 2.62 bits per heavy atom. The molecule has 0 saturated heterocycles. The van der Waals surface area contributed by atoms with Crippen molar-refractivity contribution in [3.8, 4) is 0 Å². The van der Waals surface area contributed by atoms with Gasteiger partial charge in [0, 0.05) is 19.5 Å². The average molecular weight is 365 g/mol. The third-order valence-corrected chi connectivity index (χ3v) is 3.72. The maximum Gasteiger partial charge on any atom is 0.293 e. The number of aromatic nitrogens is 1. The summed E-state index contributed by atoms with van der Waals surface area (Å²) in [5.74, 6) is -1.25. The fraction of sp³-hybridized carbons (Fsp3) is 0.353. The van der Waals surface area contributed by atoms with Crippen molar-refractivity contribution in [3.63, 3.8) is 0 Å². The first-order valence-electron chi connectivity index (χ1n) is 8.03. The van der Waals surface area contributed by atoms with E-state index in [0.29, 0.717) is 5.56 Å². The number of aliphatic hydroxyl groups is 1. The molecule has 1 atom stereocenters. The van der Waals surface area contributed by atoms with Gasteiger partial charge in [0.2, 0.25) is 5.91 Å². The van der Waals surface area contributed by atoms with Gasteiger partial charge in [-0.2, -0.15) is 5.16 Å². The van der Waals surface area contributed by atoms with Gasteiger partial charge >= 0.3 is 0 Å². The van der Waals surface area contributed by atoms with Crippen LogP contribution in [0.15, 0.2) is 33.6 Å². The Hall–Kier alpha value is -2.94. The molecule has 0 aliphatic carbocycles. The van der Waals surface area contributed by atoms with E-state index in [2.05, 4.69) is 10.6 Å². The Labute approximate surface area is 148 Å². The highest BCUT2D eigenvalue weighted by atomic mass is 19.1. The Morgan fingerprint density at radius 2 is 1.96 bits per heavy atom. The number of rotatable bonds is 8. The molecular weight excluding hydrogens is 345 g/mol. The molecule has 2 rings (SSSR count). The van der Waals surface area contributed by atoms with Crippen molar-refractivity contribution >= 4 is 11.8 Å². The molecule has 0 saturated carbocycles. The molecule has 0 bridgehead atoms. The normalized spacial score (nSPS) is 11.8. The summed E-state index contributed by atoms with van der Waals surface area (Å²) >= 11 is 0. The first-order chi connectivity index (χ1) is 12.4. The number of carbonyl (C=O) groups excluding carboxylic acids is 2. The van der Waals surface area contributed by atoms with Crippen LogP contribution in [0, 0.1) is 12.7 Å². The molecule has 1 heterocycles. The summed E-state index contributed by atoms with van der Waals surface area (Å²) in [5.41, 5.74) is -0.377. The van der Waals surface area contributed by atoms with Gasteiger partial charge < -0.3 is 20.3 Å². The molecule has 9 heteroatoms. The van der Waals surface area contributed by atoms with Crippen LogP contribution in [0.5, 0.6) is 0 Å². The van der Waals surface area contributed by atoms with Gasteiger partial charge in [0.15, 0.2) is 0 Å². The van der Waals surface area contributed by atoms with Gasteiger partial charge in [0.05, 0.1) is 6.10 Å². The van der Waals surface area contributed by atoms with Crippen LogP contribution in [0.25, 0.3) is 0 Å². The minimum absolute atomic E-state index is 0.0730. The predicted octanol–water partition coefficient (Wildman–Crippen LogP) is 0.255. The topological polar surface area (TPSA) is 124 Å². The van der Waals surface area contributed by atoms with E-state index in [0.717, 1.165) is 0 Å². The molecular formula is C17H20FN3O5. The number of aliphatic hydroxyl groups excluding tert-OH is 1. The van der Waals surface area contributed by atoms with E-state index in [4.69, 9.17) is 4.52 Å². The first-order valence-corrected chi connectivity index (χ1v) is 8.03. The highest BCUT2D eigenvalue weighted by molar-refractivity contribution is 5.94. The molecule has 8 nitrogen and oxygen atoms in total. The quantitative estimate of drug-likeness (QED) is 0.534. The van der Waals surface area contributed by atoms with E-state index >= 15 is 0 Å². The number of nitrogens with one attached hydrogen (secondary N) is 3. The van der Waals surface area contributed by atoms with E-state index in [1.165, 1.54) is 13.0 Å². The number of carbonyl (C=O) groups is 2. The Bertz CT molecular complexity index is 830. The predicted molar refractivity (Wildman–Crippen MR) is 90.1 cm³/mol. The van der Waals surface area contributed by atoms with E-state index < -0.39 is 17.6 Å². The third-order valence-electron chi connectivity index (χ3n) is 3.72. The summed E-state index contributed by atoms with van der Waals surface area (Å²) in [4.78, 5) is 35.0. The second-order valence-electron chi connectivity index (χ2n) is 5.72. The molecule has 0 aliphatic heterocycles. The summed E-state index contributed by atoms with van der Waals surface area (Å²) in [5, 5.41) is 16.7. The summed E-state index contributed by atoms with van der Waals surface area (Å²) in [7, 11) is 0. The van der Waals surface area contributed by atoms with Crippen molar-refractivity contribution in [3.05, 3.63) is 57.3 Å². The van der Waals surface area contributed by atoms with Crippen LogP contribution in [0.2, 0.25) is 0 Å². The van der Waals surface area contributed by atoms with Gasteiger partial charge in [-0.15, -0.1) is 0 Å². The minimum atomic E-state index is -1.04. The molecule has 4 N–H and O–H groups in total. The fourth-order valence-corrected chi connectivity index (χ4v) is 2.29. The molecule has 1 unspecified atom stereocenters. The minimum Gasteiger partial charge on any atom is -0.389 e. The van der Waals surface area contributed by atoms with Gasteiger partial charge in [0.25, 0.3) is 11.5 Å². The second-order valence-corrected chi connectivity index (χ2v) is 5.72. The van der Waals surface area contributed by atoms with Crippen LogP contribution in [0.3, 0.4) is 0 Å². The third kappa shape index (κ3) is 5.28. The lowest BCUT2D eigenvalue weighted by Crippen LogP contribution is -2.40. The molecule has 1 aromatic carbocycles. The number of benzene rings is 1. The van der Waals surface area contributed by atoms with Crippen molar-refractivity contribution in [2.45, 2.75) is 25.9 Å². The van der Waals surface area contributed by atoms with Crippen LogP contribution in [-0.2, 0) is 11.2 Å². The molecule has 0 radical (unpaired) electrons. The lowest BCUT2D eigenvalue weighted by Gasteiger charge is -2.12. The zero-order chi connectivity index (χ0) is 19.1. The monoisotopic (exact) mass is 365 g/mol. The number of H-pyrrole nitrogens is 1. The maximum absolute atomic E-state index is 13.5. The van der Waals surface area contributed by atoms with E-state index in [9.17, 15) is 23.9 Å². The van der Waals surface area contributed by atoms with Gasteiger partial charge in [-0.05, 0) is 25.0 Å². The van der Waals surface area contributed by atoms with Gasteiger partial charge in [0.1, 0.15) is 17.1 Å². The molecule has 2 amide bonds. The van der Waals surface area contributed by atoms with E-state index in [1.54, 1.807) is 18.2 Å². The molecule has 26 heavy (non-hydrogen) atoms. The highest BCUT2D eigenvalue weighted by Gasteiger charge is 2.18. The lowest BCUT2D eigenvalue weighted by molar-refractivity contribution is -0.121. The number of amides is 2. The lowest BCUT2D eigenvalue weighted by atomic mass is 10.1. The van der Waals surface area contributed by atoms with Gasteiger partial charge in [-0.3, -0.25) is 14.4 Å². The number of aryl methyl sites for hydroxylation is 2. The fourth-order valence-electron chi connectivity index (χ4n) is 2.29. The van der Waals surface area contributed by atoms with Gasteiger partial charge in [-0.1, -0.05) is 18.2 Å². The largest absolute Gasteiger partial charge is 0.389 e. The van der Waals surface area contributed by atoms with Crippen LogP contribution < -0.4 is 16.2 Å². The van der Waals surface area contributed by atoms with E-state index in [1.807, 2.05) is 5.16 Å². The van der Waals surface area contributed by atoms with Crippen LogP contribution in [-0.4, -0.2) is 41.3 Å². The van der Waals surface area contributed by atoms with Crippen molar-refractivity contribution in [1.29, 1.82) is 0 Å². The second kappa shape index (κ2) is 8.95. The summed E-state index contributed by atoms with van der Waals surface area (Å²) in [6.45, 7) is 1.21. The Kier molecular flexibility index (Phi) is 6.67. The summed E-state index contributed by atoms with van der Waals surface area (Å²) in [6.07, 6.45) is -0.722. The maximum atomic E-state index is 13.5. The standard InChI is InChI=1S/C17H20FN3O5/c1-10-15(17(25)21-26-10)16(24)20-9-12(22)8-19-14(23)7-6-11-4-2-3-5-13(11)18/h2-5,12,22H,6-9H2,1H3,(H,19,23)(H,20,24)(H,21,25). The van der Waals surface area contributed by atoms with Crippen molar-refractivity contribution < 1.29 is 23.6 Å². The zero-order valence-corrected chi connectivity index (χ0v) is 14.2. The average Bonchev–Trinajstić information content (AvgIpc) is 2.95. The van der Waals surface area contributed by atoms with Crippen molar-refractivity contribution in [1.82, 2.24) is 15.8 Å². The van der Waals surface area contributed by atoms with Crippen LogP contribution in [0.4, 0.5) is 4.39 Å². The highest BCUT2D eigenvalue weighted by Crippen LogP contribution is 2.08. The Morgan fingerprint density at radius 1 is 1.27 bits per heavy atom. The smallest absolute Gasteiger partial charge is 0.293 e. The number of hydrogen-bond donors (Lipinski definition) is 4. The Balaban J connectivity index is 1.70. The molecule has 2 aromatic rings. The number of aromatic amines is 1. The van der Waals surface area contributed by atoms with Crippen molar-refractivity contribution in [2.24, 2.45) is 0 Å². The first kappa shape index (κ1) is 19.4. The molecule has 1 aromatic heterocycles. The molecule has 140 valence electrons. The SMILES string of the molecule is Cc1o[nH]c(=O)c1C(=O)NCC(O)CNC(=O)CCc1ccccc1F. The number of halogens is 1. The van der Waals surface area contributed by atoms with Crippen LogP contribution in [0.1, 0.15) is 28.1 Å². The molecule has 0 aliphatic rings. The van der Waals surface area contributed by atoms with Crippen molar-refractivity contribution in [2.75, 3.05) is 13.1 Å². The van der Waals surface area contributed by atoms with Gasteiger partial charge in [-0.25, -0.2) is 4.39 Å². The van der Waals surface area contributed by atoms with Crippen LogP contribution >= 0.6 is 0 Å². The zero-order valence-electron chi connectivity index (χ0n) is 14.2. The molecule has 0 fully saturated rings.